The Morgan fingerprint density at radius 2 is 1.85 bits per heavy atom. The summed E-state index contributed by atoms with van der Waals surface area (Å²) in [6.45, 7) is 4.16. The van der Waals surface area contributed by atoms with Crippen LogP contribution in [0.15, 0.2) is 36.7 Å². The Balaban J connectivity index is 2.02. The lowest BCUT2D eigenvalue weighted by Crippen LogP contribution is -2.11. The molecule has 0 spiro atoms. The van der Waals surface area contributed by atoms with Gasteiger partial charge in [0.25, 0.3) is 0 Å². The molecule has 108 valence electrons. The van der Waals surface area contributed by atoms with Crippen molar-refractivity contribution in [2.45, 2.75) is 39.3 Å². The van der Waals surface area contributed by atoms with Gasteiger partial charge in [-0.1, -0.05) is 32.9 Å². The molecular weight excluding hydrogens is 260 g/mol. The zero-order valence-electron chi connectivity index (χ0n) is 11.9. The van der Waals surface area contributed by atoms with Crippen LogP contribution in [0.25, 0.3) is 0 Å². The van der Waals surface area contributed by atoms with Crippen molar-refractivity contribution < 1.29 is 8.78 Å². The summed E-state index contributed by atoms with van der Waals surface area (Å²) in [7, 11) is 0. The average molecular weight is 279 g/mol. The van der Waals surface area contributed by atoms with Crippen LogP contribution in [-0.2, 0) is 12.0 Å². The lowest BCUT2D eigenvalue weighted by molar-refractivity contribution is 0.0673. The largest absolute Gasteiger partial charge is 0.378 e. The van der Waals surface area contributed by atoms with Crippen LogP contribution >= 0.6 is 0 Å². The van der Waals surface area contributed by atoms with Crippen molar-refractivity contribution in [1.29, 1.82) is 0 Å². The molecule has 0 amide bonds. The number of rotatable bonds is 4. The zero-order chi connectivity index (χ0) is 14.8. The standard InChI is InChI=1S/C15H19F2N3/c1-15(2,3)11-4-6-12(7-5-11)19-10-13-18-8-9-20(13)14(16)17/h4-9,14,19H,10H2,1-3H3. The summed E-state index contributed by atoms with van der Waals surface area (Å²) >= 11 is 0. The first-order valence-electron chi connectivity index (χ1n) is 6.52. The van der Waals surface area contributed by atoms with Crippen molar-refractivity contribution in [1.82, 2.24) is 9.55 Å². The van der Waals surface area contributed by atoms with Gasteiger partial charge < -0.3 is 5.32 Å². The summed E-state index contributed by atoms with van der Waals surface area (Å²) in [5.74, 6) is 0.319. The predicted octanol–water partition coefficient (Wildman–Crippen LogP) is 4.19. The highest BCUT2D eigenvalue weighted by molar-refractivity contribution is 5.45. The highest BCUT2D eigenvalue weighted by atomic mass is 19.3. The number of alkyl halides is 2. The van der Waals surface area contributed by atoms with Gasteiger partial charge in [0.15, 0.2) is 0 Å². The van der Waals surface area contributed by atoms with Gasteiger partial charge in [-0.2, -0.15) is 8.78 Å². The Labute approximate surface area is 117 Å². The molecule has 20 heavy (non-hydrogen) atoms. The van der Waals surface area contributed by atoms with E-state index >= 15 is 0 Å². The van der Waals surface area contributed by atoms with E-state index in [0.717, 1.165) is 10.3 Å². The van der Waals surface area contributed by atoms with Crippen molar-refractivity contribution in [2.24, 2.45) is 0 Å². The van der Waals surface area contributed by atoms with Crippen LogP contribution in [-0.4, -0.2) is 9.55 Å². The Morgan fingerprint density at radius 3 is 2.40 bits per heavy atom. The molecule has 2 rings (SSSR count). The smallest absolute Gasteiger partial charge is 0.319 e. The van der Waals surface area contributed by atoms with Crippen LogP contribution in [0, 0.1) is 0 Å². The van der Waals surface area contributed by atoms with E-state index < -0.39 is 6.55 Å². The first kappa shape index (κ1) is 14.5. The highest BCUT2D eigenvalue weighted by Gasteiger charge is 2.13. The van der Waals surface area contributed by atoms with E-state index in [1.165, 1.54) is 18.0 Å². The van der Waals surface area contributed by atoms with E-state index in [-0.39, 0.29) is 12.0 Å². The molecule has 2 aromatic rings. The van der Waals surface area contributed by atoms with Gasteiger partial charge in [0.2, 0.25) is 0 Å². The Hall–Kier alpha value is -1.91. The highest BCUT2D eigenvalue weighted by Crippen LogP contribution is 2.23. The molecule has 3 nitrogen and oxygen atoms in total. The number of aromatic nitrogens is 2. The molecule has 1 heterocycles. The monoisotopic (exact) mass is 279 g/mol. The minimum atomic E-state index is -2.56. The second-order valence-corrected chi connectivity index (χ2v) is 5.71. The summed E-state index contributed by atoms with van der Waals surface area (Å²) in [4.78, 5) is 3.93. The molecule has 0 saturated heterocycles. The molecule has 0 fully saturated rings. The second kappa shape index (κ2) is 5.61. The second-order valence-electron chi connectivity index (χ2n) is 5.71. The molecule has 0 unspecified atom stereocenters. The van der Waals surface area contributed by atoms with Crippen molar-refractivity contribution in [2.75, 3.05) is 5.32 Å². The Kier molecular flexibility index (Phi) is 4.06. The van der Waals surface area contributed by atoms with Gasteiger partial charge in [-0.15, -0.1) is 0 Å². The van der Waals surface area contributed by atoms with Crippen LogP contribution in [0.2, 0.25) is 0 Å². The number of anilines is 1. The Morgan fingerprint density at radius 1 is 1.20 bits per heavy atom. The van der Waals surface area contributed by atoms with Crippen LogP contribution in [0.4, 0.5) is 14.5 Å². The molecule has 5 heteroatoms. The van der Waals surface area contributed by atoms with Crippen molar-refractivity contribution >= 4 is 5.69 Å². The number of halogens is 2. The lowest BCUT2D eigenvalue weighted by Gasteiger charge is -2.19. The van der Waals surface area contributed by atoms with Gasteiger partial charge in [-0.25, -0.2) is 4.98 Å². The Bertz CT molecular complexity index is 553. The molecule has 1 aromatic heterocycles. The fourth-order valence-electron chi connectivity index (χ4n) is 1.93. The molecule has 0 aliphatic heterocycles. The number of nitrogens with zero attached hydrogens (tertiary/aromatic N) is 2. The van der Waals surface area contributed by atoms with Crippen molar-refractivity contribution in [3.05, 3.63) is 48.0 Å². The van der Waals surface area contributed by atoms with E-state index in [0.29, 0.717) is 5.82 Å². The minimum absolute atomic E-state index is 0.102. The SMILES string of the molecule is CC(C)(C)c1ccc(NCc2nccn2C(F)F)cc1. The van der Waals surface area contributed by atoms with Gasteiger partial charge >= 0.3 is 6.55 Å². The molecular formula is C15H19F2N3. The third-order valence-electron chi connectivity index (χ3n) is 3.16. The topological polar surface area (TPSA) is 29.9 Å². The number of hydrogen-bond donors (Lipinski definition) is 1. The summed E-state index contributed by atoms with van der Waals surface area (Å²) in [6.07, 6.45) is 2.66. The maximum absolute atomic E-state index is 12.7. The fraction of sp³-hybridized carbons (Fsp3) is 0.400. The molecule has 0 radical (unpaired) electrons. The summed E-state index contributed by atoms with van der Waals surface area (Å²) < 4.78 is 26.2. The van der Waals surface area contributed by atoms with Crippen LogP contribution in [0.5, 0.6) is 0 Å². The first-order valence-corrected chi connectivity index (χ1v) is 6.52. The van der Waals surface area contributed by atoms with Gasteiger partial charge in [-0.3, -0.25) is 4.57 Å². The molecule has 0 bridgehead atoms. The van der Waals surface area contributed by atoms with E-state index in [9.17, 15) is 8.78 Å². The molecule has 1 aromatic carbocycles. The maximum atomic E-state index is 12.7. The van der Waals surface area contributed by atoms with Gasteiger partial charge in [0, 0.05) is 18.1 Å². The number of imidazole rings is 1. The van der Waals surface area contributed by atoms with Gasteiger partial charge in [0.05, 0.1) is 6.54 Å². The van der Waals surface area contributed by atoms with Crippen LogP contribution in [0.3, 0.4) is 0 Å². The van der Waals surface area contributed by atoms with Crippen molar-refractivity contribution in [3.8, 4) is 0 Å². The molecule has 0 aliphatic carbocycles. The van der Waals surface area contributed by atoms with E-state index in [1.807, 2.05) is 24.3 Å². The number of benzene rings is 1. The van der Waals surface area contributed by atoms with E-state index in [4.69, 9.17) is 0 Å². The minimum Gasteiger partial charge on any atom is -0.378 e. The van der Waals surface area contributed by atoms with Crippen LogP contribution in [0.1, 0.15) is 38.7 Å². The van der Waals surface area contributed by atoms with Crippen molar-refractivity contribution in [3.63, 3.8) is 0 Å². The zero-order valence-corrected chi connectivity index (χ0v) is 11.9. The number of hydrogen-bond acceptors (Lipinski definition) is 2. The molecule has 1 N–H and O–H groups in total. The third kappa shape index (κ3) is 3.35. The lowest BCUT2D eigenvalue weighted by atomic mass is 9.87. The van der Waals surface area contributed by atoms with Gasteiger partial charge in [0.1, 0.15) is 5.82 Å². The molecule has 0 saturated carbocycles. The normalized spacial score (nSPS) is 11.9. The summed E-state index contributed by atoms with van der Waals surface area (Å²) in [5, 5.41) is 3.10. The fourth-order valence-corrected chi connectivity index (χ4v) is 1.93. The predicted molar refractivity (Wildman–Crippen MR) is 75.9 cm³/mol. The van der Waals surface area contributed by atoms with Crippen LogP contribution < -0.4 is 5.32 Å². The van der Waals surface area contributed by atoms with E-state index in [1.54, 1.807) is 0 Å². The molecule has 0 atom stereocenters. The van der Waals surface area contributed by atoms with E-state index in [2.05, 4.69) is 31.1 Å². The first-order chi connectivity index (χ1) is 9.38. The maximum Gasteiger partial charge on any atom is 0.319 e. The average Bonchev–Trinajstić information content (AvgIpc) is 2.84. The third-order valence-corrected chi connectivity index (χ3v) is 3.16. The number of nitrogens with one attached hydrogen (secondary N) is 1. The quantitative estimate of drug-likeness (QED) is 0.909. The molecule has 0 aliphatic rings. The van der Waals surface area contributed by atoms with Gasteiger partial charge in [-0.05, 0) is 23.1 Å². The summed E-state index contributed by atoms with van der Waals surface area (Å²) in [5.41, 5.74) is 2.23. The summed E-state index contributed by atoms with van der Waals surface area (Å²) in [6, 6.07) is 8.00.